The predicted molar refractivity (Wildman–Crippen MR) is 37.7 cm³/mol. The van der Waals surface area contributed by atoms with E-state index in [-0.39, 0.29) is 27.3 Å². The maximum absolute atomic E-state index is 8.89. The fourth-order valence-corrected chi connectivity index (χ4v) is 0.167. The molecule has 74 valence electrons. The Kier molecular flexibility index (Phi) is 19.4. The number of carboxylic acids is 2. The van der Waals surface area contributed by atoms with Gasteiger partial charge in [0.1, 0.15) is 0 Å². The summed E-state index contributed by atoms with van der Waals surface area (Å²) in [4.78, 5) is 17.8. The molecule has 7 nitrogen and oxygen atoms in total. The monoisotopic (exact) mass is 301 g/mol. The van der Waals surface area contributed by atoms with Gasteiger partial charge >= 0.3 is 27.3 Å². The van der Waals surface area contributed by atoms with Gasteiger partial charge in [0.15, 0.2) is 0 Å². The number of nitrogens with zero attached hydrogens (tertiary/aromatic N) is 2. The van der Waals surface area contributed by atoms with Gasteiger partial charge < -0.3 is 19.8 Å². The SMILES string of the molecule is CC(=O)[O-].CC(=O)[O-].[Cd+2].c1c[nH]nn1. The Hall–Kier alpha value is -0.998. The number of carbonyl (C=O) groups excluding carboxylic acids is 2. The summed E-state index contributed by atoms with van der Waals surface area (Å²) >= 11 is 0. The quantitative estimate of drug-likeness (QED) is 0.521. The number of aliphatic carboxylic acids is 2. The molecule has 0 atom stereocenters. The third-order valence-corrected chi connectivity index (χ3v) is 0.331. The van der Waals surface area contributed by atoms with Crippen LogP contribution in [0.3, 0.4) is 0 Å². The molecule has 0 fully saturated rings. The number of carbonyl (C=O) groups is 2. The van der Waals surface area contributed by atoms with Crippen molar-refractivity contribution in [2.24, 2.45) is 0 Å². The van der Waals surface area contributed by atoms with Crippen LogP contribution in [-0.2, 0) is 36.9 Å². The van der Waals surface area contributed by atoms with E-state index in [0.717, 1.165) is 13.8 Å². The molecule has 0 aliphatic heterocycles. The second-order valence-corrected chi connectivity index (χ2v) is 1.64. The number of H-pyrrole nitrogens is 1. The van der Waals surface area contributed by atoms with Crippen molar-refractivity contribution in [3.8, 4) is 0 Å². The van der Waals surface area contributed by atoms with Crippen molar-refractivity contribution in [2.75, 3.05) is 0 Å². The van der Waals surface area contributed by atoms with E-state index in [4.69, 9.17) is 19.8 Å². The molecule has 1 N–H and O–H groups in total. The molecule has 0 unspecified atom stereocenters. The summed E-state index contributed by atoms with van der Waals surface area (Å²) in [6, 6.07) is 0. The van der Waals surface area contributed by atoms with Gasteiger partial charge in [-0.25, -0.2) is 0 Å². The number of hydrogen-bond donors (Lipinski definition) is 1. The van der Waals surface area contributed by atoms with E-state index in [1.54, 1.807) is 12.4 Å². The van der Waals surface area contributed by atoms with Crippen LogP contribution in [0.25, 0.3) is 0 Å². The zero-order valence-electron chi connectivity index (χ0n) is 7.89. The van der Waals surface area contributed by atoms with Gasteiger partial charge in [0.25, 0.3) is 0 Å². The number of aromatic amines is 1. The van der Waals surface area contributed by atoms with Crippen molar-refractivity contribution in [3.63, 3.8) is 0 Å². The molecule has 1 heterocycles. The molecule has 1 aromatic rings. The Balaban J connectivity index is -0.000000127. The van der Waals surface area contributed by atoms with E-state index < -0.39 is 11.9 Å². The average Bonchev–Trinajstić information content (AvgIpc) is 2.35. The number of hydrogen-bond acceptors (Lipinski definition) is 6. The first-order valence-electron chi connectivity index (χ1n) is 3.12. The maximum atomic E-state index is 8.89. The molecule has 0 aliphatic rings. The Morgan fingerprint density at radius 1 is 1.21 bits per heavy atom. The molecule has 0 aromatic carbocycles. The van der Waals surface area contributed by atoms with Crippen molar-refractivity contribution in [1.29, 1.82) is 0 Å². The molecule has 14 heavy (non-hydrogen) atoms. The minimum atomic E-state index is -1.08. The fourth-order valence-electron chi connectivity index (χ4n) is 0.167. The third kappa shape index (κ3) is 68.7. The Morgan fingerprint density at radius 2 is 1.57 bits per heavy atom. The molecule has 1 aromatic heterocycles. The number of nitrogens with one attached hydrogen (secondary N) is 1. The second-order valence-electron chi connectivity index (χ2n) is 1.64. The Labute approximate surface area is 101 Å². The molecular formula is C6H9CdN3O4. The Bertz CT molecular complexity index is 190. The van der Waals surface area contributed by atoms with Crippen LogP contribution >= 0.6 is 0 Å². The Morgan fingerprint density at radius 3 is 1.64 bits per heavy atom. The van der Waals surface area contributed by atoms with Crippen LogP contribution in [0.4, 0.5) is 0 Å². The summed E-state index contributed by atoms with van der Waals surface area (Å²) in [7, 11) is 0. The van der Waals surface area contributed by atoms with Crippen molar-refractivity contribution < 1.29 is 47.1 Å². The van der Waals surface area contributed by atoms with E-state index in [9.17, 15) is 0 Å². The van der Waals surface area contributed by atoms with Crippen LogP contribution in [0.2, 0.25) is 0 Å². The fraction of sp³-hybridized carbons (Fsp3) is 0.333. The van der Waals surface area contributed by atoms with E-state index in [2.05, 4.69) is 15.4 Å². The average molecular weight is 300 g/mol. The van der Waals surface area contributed by atoms with Gasteiger partial charge in [0.2, 0.25) is 0 Å². The zero-order chi connectivity index (χ0) is 10.7. The molecule has 0 amide bonds. The molecule has 0 bridgehead atoms. The second kappa shape index (κ2) is 14.5. The molecule has 0 aliphatic carbocycles. The van der Waals surface area contributed by atoms with E-state index in [0.29, 0.717) is 0 Å². The van der Waals surface area contributed by atoms with Gasteiger partial charge in [-0.05, 0) is 13.8 Å². The third-order valence-electron chi connectivity index (χ3n) is 0.331. The van der Waals surface area contributed by atoms with Crippen LogP contribution in [0.5, 0.6) is 0 Å². The number of rotatable bonds is 0. The van der Waals surface area contributed by atoms with E-state index >= 15 is 0 Å². The first-order valence-corrected chi connectivity index (χ1v) is 3.12. The van der Waals surface area contributed by atoms with Gasteiger partial charge in [-0.1, -0.05) is 5.21 Å². The number of aromatic nitrogens is 3. The number of carboxylic acid groups (broad SMARTS) is 2. The van der Waals surface area contributed by atoms with Gasteiger partial charge in [0.05, 0.1) is 6.20 Å². The van der Waals surface area contributed by atoms with Crippen molar-refractivity contribution >= 4 is 11.9 Å². The summed E-state index contributed by atoms with van der Waals surface area (Å²) in [5, 5.41) is 27.0. The zero-order valence-corrected chi connectivity index (χ0v) is 11.9. The normalized spacial score (nSPS) is 6.43. The van der Waals surface area contributed by atoms with E-state index in [1.165, 1.54) is 0 Å². The first-order chi connectivity index (χ1) is 5.96. The standard InChI is InChI=1S/C2H3N3.2C2H4O2.Cd/c1-2-4-5-3-1;2*1-2(3)4;/h1-2H,(H,3,4,5);2*1H3,(H,3,4);/q;;;+2/p-2. The largest absolute Gasteiger partial charge is 2.00 e. The summed E-state index contributed by atoms with van der Waals surface area (Å²) in [6.45, 7) is 1.94. The minimum Gasteiger partial charge on any atom is -0.550 e. The first kappa shape index (κ1) is 18.7. The van der Waals surface area contributed by atoms with Crippen LogP contribution < -0.4 is 10.2 Å². The molecule has 1 rings (SSSR count). The van der Waals surface area contributed by atoms with Crippen molar-refractivity contribution in [1.82, 2.24) is 15.4 Å². The van der Waals surface area contributed by atoms with Crippen LogP contribution in [-0.4, -0.2) is 27.3 Å². The van der Waals surface area contributed by atoms with E-state index in [1.807, 2.05) is 0 Å². The summed E-state index contributed by atoms with van der Waals surface area (Å²) < 4.78 is 0. The molecule has 0 saturated heterocycles. The molecule has 0 radical (unpaired) electrons. The summed E-state index contributed by atoms with van der Waals surface area (Å²) in [5.74, 6) is -2.17. The smallest absolute Gasteiger partial charge is 0.550 e. The van der Waals surface area contributed by atoms with Crippen molar-refractivity contribution in [3.05, 3.63) is 12.4 Å². The predicted octanol–water partition coefficient (Wildman–Crippen LogP) is -2.69. The molecule has 0 spiro atoms. The van der Waals surface area contributed by atoms with Gasteiger partial charge in [-0.15, -0.1) is 5.10 Å². The van der Waals surface area contributed by atoms with Crippen LogP contribution in [0.15, 0.2) is 12.4 Å². The van der Waals surface area contributed by atoms with Crippen LogP contribution in [0, 0.1) is 0 Å². The maximum Gasteiger partial charge on any atom is 2.00 e. The molecule has 0 saturated carbocycles. The summed E-state index contributed by atoms with van der Waals surface area (Å²) in [5.41, 5.74) is 0. The van der Waals surface area contributed by atoms with Crippen molar-refractivity contribution in [2.45, 2.75) is 13.8 Å². The molecule has 8 heteroatoms. The van der Waals surface area contributed by atoms with Gasteiger partial charge in [-0.3, -0.25) is 5.10 Å². The topological polar surface area (TPSA) is 122 Å². The van der Waals surface area contributed by atoms with Gasteiger partial charge in [0, 0.05) is 18.1 Å². The summed E-state index contributed by atoms with van der Waals surface area (Å²) in [6.07, 6.45) is 3.24. The molecular weight excluding hydrogens is 290 g/mol. The minimum absolute atomic E-state index is 0. The van der Waals surface area contributed by atoms with Crippen LogP contribution in [0.1, 0.15) is 13.8 Å². The van der Waals surface area contributed by atoms with Gasteiger partial charge in [-0.2, -0.15) is 0 Å².